The first kappa shape index (κ1) is 17.5. The lowest BCUT2D eigenvalue weighted by Crippen LogP contribution is -2.40. The van der Waals surface area contributed by atoms with Gasteiger partial charge in [-0.05, 0) is 26.3 Å². The van der Waals surface area contributed by atoms with Crippen LogP contribution in [0.3, 0.4) is 0 Å². The van der Waals surface area contributed by atoms with Crippen LogP contribution in [0.2, 0.25) is 0 Å². The van der Waals surface area contributed by atoms with Gasteiger partial charge in [0.05, 0.1) is 18.2 Å². The van der Waals surface area contributed by atoms with Crippen LogP contribution in [0.15, 0.2) is 30.3 Å². The molecule has 1 atom stereocenters. The highest BCUT2D eigenvalue weighted by Crippen LogP contribution is 2.29. The van der Waals surface area contributed by atoms with Gasteiger partial charge in [-0.25, -0.2) is 9.48 Å². The molecule has 0 radical (unpaired) electrons. The van der Waals surface area contributed by atoms with Crippen molar-refractivity contribution in [2.75, 3.05) is 0 Å². The Balaban J connectivity index is 1.69. The van der Waals surface area contributed by atoms with Gasteiger partial charge in [0.1, 0.15) is 6.10 Å². The molecule has 3 rings (SSSR count). The van der Waals surface area contributed by atoms with E-state index in [2.05, 4.69) is 10.3 Å². The molecule has 0 N–H and O–H groups in total. The molecule has 0 saturated heterocycles. The van der Waals surface area contributed by atoms with E-state index in [1.165, 1.54) is 4.68 Å². The number of halogens is 1. The lowest BCUT2D eigenvalue weighted by molar-refractivity contribution is -0.0996. The minimum absolute atomic E-state index is 0.0916. The van der Waals surface area contributed by atoms with Gasteiger partial charge in [0.15, 0.2) is 0 Å². The summed E-state index contributed by atoms with van der Waals surface area (Å²) in [5, 5.41) is 7.20. The van der Waals surface area contributed by atoms with E-state index in [4.69, 9.17) is 9.47 Å². The van der Waals surface area contributed by atoms with Gasteiger partial charge < -0.3 is 9.47 Å². The number of carbonyl (C=O) groups excluding carboxylic acids is 1. The smallest absolute Gasteiger partial charge is 0.361 e. The highest BCUT2D eigenvalue weighted by molar-refractivity contribution is 5.87. The Morgan fingerprint density at radius 1 is 1.20 bits per heavy atom. The van der Waals surface area contributed by atoms with E-state index in [1.54, 1.807) is 0 Å². The normalized spacial score (nSPS) is 21.0. The SMILES string of the molecule is CC(C)OC1CC(OC(=O)c2c(F)nnn2[C@H](C)c2ccccc2)C1. The zero-order valence-electron chi connectivity index (χ0n) is 14.6. The third kappa shape index (κ3) is 3.87. The molecule has 0 spiro atoms. The van der Waals surface area contributed by atoms with Crippen molar-refractivity contribution in [1.82, 2.24) is 15.0 Å². The molecule has 1 aliphatic rings. The van der Waals surface area contributed by atoms with Crippen LogP contribution >= 0.6 is 0 Å². The highest BCUT2D eigenvalue weighted by Gasteiger charge is 2.36. The average Bonchev–Trinajstić information content (AvgIpc) is 2.94. The number of ether oxygens (including phenoxy) is 2. The summed E-state index contributed by atoms with van der Waals surface area (Å²) in [6.45, 7) is 5.75. The largest absolute Gasteiger partial charge is 0.457 e. The Kier molecular flexibility index (Phi) is 5.13. The van der Waals surface area contributed by atoms with E-state index in [-0.39, 0.29) is 30.0 Å². The molecule has 1 heterocycles. The van der Waals surface area contributed by atoms with Crippen molar-refractivity contribution >= 4 is 5.97 Å². The van der Waals surface area contributed by atoms with E-state index >= 15 is 0 Å². The minimum Gasteiger partial charge on any atom is -0.457 e. The molecule has 25 heavy (non-hydrogen) atoms. The number of nitrogens with zero attached hydrogens (tertiary/aromatic N) is 3. The van der Waals surface area contributed by atoms with Crippen LogP contribution in [0.1, 0.15) is 55.7 Å². The zero-order valence-corrected chi connectivity index (χ0v) is 14.6. The van der Waals surface area contributed by atoms with Crippen LogP contribution in [0.5, 0.6) is 0 Å². The summed E-state index contributed by atoms with van der Waals surface area (Å²) in [6.07, 6.45) is 1.22. The van der Waals surface area contributed by atoms with Crippen LogP contribution < -0.4 is 0 Å². The van der Waals surface area contributed by atoms with Crippen molar-refractivity contribution in [3.63, 3.8) is 0 Å². The summed E-state index contributed by atoms with van der Waals surface area (Å²) in [7, 11) is 0. The quantitative estimate of drug-likeness (QED) is 0.751. The number of hydrogen-bond acceptors (Lipinski definition) is 5. The van der Waals surface area contributed by atoms with E-state index in [9.17, 15) is 9.18 Å². The van der Waals surface area contributed by atoms with Gasteiger partial charge in [-0.15, -0.1) is 0 Å². The van der Waals surface area contributed by atoms with Gasteiger partial charge in [0.2, 0.25) is 5.69 Å². The zero-order chi connectivity index (χ0) is 18.0. The Labute approximate surface area is 145 Å². The summed E-state index contributed by atoms with van der Waals surface area (Å²) in [5.74, 6) is -1.65. The Bertz CT molecular complexity index is 726. The third-order valence-corrected chi connectivity index (χ3v) is 4.29. The highest BCUT2D eigenvalue weighted by atomic mass is 19.1. The van der Waals surface area contributed by atoms with E-state index in [0.717, 1.165) is 5.56 Å². The van der Waals surface area contributed by atoms with E-state index in [0.29, 0.717) is 12.8 Å². The number of benzene rings is 1. The first-order chi connectivity index (χ1) is 12.0. The lowest BCUT2D eigenvalue weighted by Gasteiger charge is -2.35. The second-order valence-corrected chi connectivity index (χ2v) is 6.57. The van der Waals surface area contributed by atoms with E-state index < -0.39 is 11.9 Å². The summed E-state index contributed by atoms with van der Waals surface area (Å²) in [4.78, 5) is 12.4. The number of esters is 1. The molecule has 0 aliphatic heterocycles. The Morgan fingerprint density at radius 3 is 2.52 bits per heavy atom. The fraction of sp³-hybridized carbons (Fsp3) is 0.500. The molecule has 1 aliphatic carbocycles. The molecule has 1 saturated carbocycles. The fourth-order valence-corrected chi connectivity index (χ4v) is 2.91. The van der Waals surface area contributed by atoms with Crippen molar-refractivity contribution in [3.05, 3.63) is 47.5 Å². The van der Waals surface area contributed by atoms with Crippen LogP contribution in [0.25, 0.3) is 0 Å². The third-order valence-electron chi connectivity index (χ3n) is 4.29. The number of carbonyl (C=O) groups is 1. The molecule has 7 heteroatoms. The maximum absolute atomic E-state index is 14.0. The molecule has 134 valence electrons. The lowest BCUT2D eigenvalue weighted by atomic mass is 9.92. The topological polar surface area (TPSA) is 66.2 Å². The standard InChI is InChI=1S/C18H22FN3O3/c1-11(2)24-14-9-15(10-14)25-18(23)16-17(19)20-21-22(16)12(3)13-7-5-4-6-8-13/h4-8,11-12,14-15H,9-10H2,1-3H3/t12-,14?,15?/m1/s1. The monoisotopic (exact) mass is 347 g/mol. The summed E-state index contributed by atoms with van der Waals surface area (Å²) < 4.78 is 26.3. The van der Waals surface area contributed by atoms with Gasteiger partial charge in [-0.2, -0.15) is 4.39 Å². The van der Waals surface area contributed by atoms with Crippen molar-refractivity contribution < 1.29 is 18.7 Å². The molecule has 2 aromatic rings. The van der Waals surface area contributed by atoms with Gasteiger partial charge in [0.25, 0.3) is 5.95 Å². The first-order valence-corrected chi connectivity index (χ1v) is 8.47. The van der Waals surface area contributed by atoms with Gasteiger partial charge in [-0.3, -0.25) is 0 Å². The van der Waals surface area contributed by atoms with Gasteiger partial charge >= 0.3 is 5.97 Å². The molecule has 0 bridgehead atoms. The van der Waals surface area contributed by atoms with Crippen LogP contribution in [0, 0.1) is 5.95 Å². The van der Waals surface area contributed by atoms with Crippen molar-refractivity contribution in [1.29, 1.82) is 0 Å². The molecule has 1 aromatic heterocycles. The Morgan fingerprint density at radius 2 is 1.88 bits per heavy atom. The number of rotatable bonds is 6. The number of aromatic nitrogens is 3. The first-order valence-electron chi connectivity index (χ1n) is 8.47. The predicted molar refractivity (Wildman–Crippen MR) is 88.7 cm³/mol. The molecule has 1 fully saturated rings. The summed E-state index contributed by atoms with van der Waals surface area (Å²) >= 11 is 0. The van der Waals surface area contributed by atoms with E-state index in [1.807, 2.05) is 51.1 Å². The number of hydrogen-bond donors (Lipinski definition) is 0. The molecule has 1 aromatic carbocycles. The fourth-order valence-electron chi connectivity index (χ4n) is 2.91. The molecule has 0 unspecified atom stereocenters. The van der Waals surface area contributed by atoms with Gasteiger partial charge in [0, 0.05) is 12.8 Å². The van der Waals surface area contributed by atoms with Crippen LogP contribution in [0.4, 0.5) is 4.39 Å². The van der Waals surface area contributed by atoms with Gasteiger partial charge in [-0.1, -0.05) is 40.6 Å². The predicted octanol–water partition coefficient (Wildman–Crippen LogP) is 3.14. The Hall–Kier alpha value is -2.28. The minimum atomic E-state index is -0.915. The maximum atomic E-state index is 14.0. The molecular formula is C18H22FN3O3. The summed E-state index contributed by atoms with van der Waals surface area (Å²) in [6, 6.07) is 9.08. The summed E-state index contributed by atoms with van der Waals surface area (Å²) in [5.41, 5.74) is 0.653. The second kappa shape index (κ2) is 7.31. The van der Waals surface area contributed by atoms with Crippen molar-refractivity contribution in [2.45, 2.75) is 58.0 Å². The molecule has 6 nitrogen and oxygen atoms in total. The van der Waals surface area contributed by atoms with Crippen molar-refractivity contribution in [3.8, 4) is 0 Å². The average molecular weight is 347 g/mol. The van der Waals surface area contributed by atoms with Crippen LogP contribution in [-0.4, -0.2) is 39.3 Å². The second-order valence-electron chi connectivity index (χ2n) is 6.57. The van der Waals surface area contributed by atoms with Crippen LogP contribution in [-0.2, 0) is 9.47 Å². The molecular weight excluding hydrogens is 325 g/mol. The maximum Gasteiger partial charge on any atom is 0.361 e. The van der Waals surface area contributed by atoms with Crippen molar-refractivity contribution in [2.24, 2.45) is 0 Å². The molecule has 0 amide bonds.